The number of rotatable bonds is 13. The first-order valence-electron chi connectivity index (χ1n) is 11.1. The predicted molar refractivity (Wildman–Crippen MR) is 134 cm³/mol. The molecule has 8 heteroatoms. The van der Waals surface area contributed by atoms with Crippen molar-refractivity contribution in [3.8, 4) is 0 Å². The third kappa shape index (κ3) is 7.39. The third-order valence-electron chi connectivity index (χ3n) is 5.02. The maximum Gasteiger partial charge on any atom is 0.210 e. The molecule has 4 aromatic rings. The van der Waals surface area contributed by atoms with Crippen LogP contribution in [-0.4, -0.2) is 20.4 Å². The lowest BCUT2D eigenvalue weighted by Gasteiger charge is -2.01. The molecule has 32 heavy (non-hydrogen) atoms. The van der Waals surface area contributed by atoms with Crippen molar-refractivity contribution in [2.45, 2.75) is 51.4 Å². The Balaban J connectivity index is 1.05. The van der Waals surface area contributed by atoms with Crippen molar-refractivity contribution in [3.63, 3.8) is 0 Å². The zero-order valence-electron chi connectivity index (χ0n) is 18.0. The molecular formula is C24H28N6S2. The maximum absolute atomic E-state index is 4.31. The molecule has 0 atom stereocenters. The highest BCUT2D eigenvalue weighted by Crippen LogP contribution is 2.23. The number of nitrogens with zero attached hydrogens (tertiary/aromatic N) is 4. The van der Waals surface area contributed by atoms with Crippen LogP contribution >= 0.6 is 22.7 Å². The van der Waals surface area contributed by atoms with Gasteiger partial charge in [-0.2, -0.15) is 0 Å². The Kier molecular flexibility index (Phi) is 8.57. The lowest BCUT2D eigenvalue weighted by molar-refractivity contribution is 0.591. The SMILES string of the molecule is c1ccc(Nc2nnc(CCCCCCCCc3nnc(Nc4ccccc4)s3)s2)cc1. The van der Waals surface area contributed by atoms with Crippen LogP contribution in [0.4, 0.5) is 21.6 Å². The Hall–Kier alpha value is -2.84. The largest absolute Gasteiger partial charge is 0.330 e. The average molecular weight is 465 g/mol. The van der Waals surface area contributed by atoms with Gasteiger partial charge < -0.3 is 10.6 Å². The fourth-order valence-electron chi connectivity index (χ4n) is 3.36. The standard InChI is InChI=1S/C24H28N6S2/c1(3-11-17-21-27-29-23(31-21)25-19-13-7-5-8-14-19)2-4-12-18-22-28-30-24(32-22)26-20-15-9-6-10-16-20/h5-10,13-16H,1-4,11-12,17-18H2,(H,25,29)(H,26,30). The molecule has 0 saturated heterocycles. The third-order valence-corrected chi connectivity index (χ3v) is 6.81. The van der Waals surface area contributed by atoms with Gasteiger partial charge in [0, 0.05) is 24.2 Å². The molecule has 0 aliphatic heterocycles. The number of aromatic nitrogens is 4. The molecule has 0 unspecified atom stereocenters. The number of hydrogen-bond acceptors (Lipinski definition) is 8. The summed E-state index contributed by atoms with van der Waals surface area (Å²) in [6, 6.07) is 20.2. The van der Waals surface area contributed by atoms with E-state index < -0.39 is 0 Å². The zero-order chi connectivity index (χ0) is 21.8. The average Bonchev–Trinajstić information content (AvgIpc) is 3.46. The second kappa shape index (κ2) is 12.3. The minimum absolute atomic E-state index is 0.866. The van der Waals surface area contributed by atoms with Crippen LogP contribution in [-0.2, 0) is 12.8 Å². The van der Waals surface area contributed by atoms with Crippen molar-refractivity contribution in [3.05, 3.63) is 70.7 Å². The van der Waals surface area contributed by atoms with Crippen molar-refractivity contribution < 1.29 is 0 Å². The van der Waals surface area contributed by atoms with Gasteiger partial charge >= 0.3 is 0 Å². The number of para-hydroxylation sites is 2. The van der Waals surface area contributed by atoms with Crippen molar-refractivity contribution in [1.29, 1.82) is 0 Å². The topological polar surface area (TPSA) is 75.6 Å². The molecule has 0 radical (unpaired) electrons. The van der Waals surface area contributed by atoms with Gasteiger partial charge in [-0.3, -0.25) is 0 Å². The lowest BCUT2D eigenvalue weighted by Crippen LogP contribution is -1.88. The number of hydrogen-bond donors (Lipinski definition) is 2. The second-order valence-corrected chi connectivity index (χ2v) is 9.73. The fraction of sp³-hybridized carbons (Fsp3) is 0.333. The minimum atomic E-state index is 0.866. The van der Waals surface area contributed by atoms with Crippen LogP contribution in [0.1, 0.15) is 48.5 Å². The number of nitrogens with one attached hydrogen (secondary N) is 2. The van der Waals surface area contributed by atoms with E-state index >= 15 is 0 Å². The summed E-state index contributed by atoms with van der Waals surface area (Å²) in [5.41, 5.74) is 2.10. The van der Waals surface area contributed by atoms with Gasteiger partial charge in [-0.15, -0.1) is 20.4 Å². The quantitative estimate of drug-likeness (QED) is 0.207. The van der Waals surface area contributed by atoms with E-state index in [9.17, 15) is 0 Å². The van der Waals surface area contributed by atoms with E-state index in [2.05, 4.69) is 31.0 Å². The molecule has 0 amide bonds. The molecule has 0 aliphatic carbocycles. The first-order chi connectivity index (χ1) is 15.8. The lowest BCUT2D eigenvalue weighted by atomic mass is 10.1. The molecule has 0 spiro atoms. The normalized spacial score (nSPS) is 10.9. The molecule has 2 aromatic carbocycles. The second-order valence-electron chi connectivity index (χ2n) is 7.61. The van der Waals surface area contributed by atoms with E-state index in [0.717, 1.165) is 44.5 Å². The molecule has 0 saturated carbocycles. The van der Waals surface area contributed by atoms with Crippen molar-refractivity contribution >= 4 is 44.3 Å². The van der Waals surface area contributed by atoms with Crippen LogP contribution in [0.2, 0.25) is 0 Å². The molecule has 2 N–H and O–H groups in total. The van der Waals surface area contributed by atoms with Gasteiger partial charge in [-0.25, -0.2) is 0 Å². The molecular weight excluding hydrogens is 436 g/mol. The highest BCUT2D eigenvalue weighted by atomic mass is 32.1. The number of unbranched alkanes of at least 4 members (excludes halogenated alkanes) is 5. The Labute approximate surface area is 197 Å². The number of aryl methyl sites for hydroxylation is 2. The fourth-order valence-corrected chi connectivity index (χ4v) is 4.96. The van der Waals surface area contributed by atoms with Gasteiger partial charge in [0.25, 0.3) is 0 Å². The summed E-state index contributed by atoms with van der Waals surface area (Å²) in [5.74, 6) is 0. The first-order valence-corrected chi connectivity index (χ1v) is 12.8. The van der Waals surface area contributed by atoms with Crippen molar-refractivity contribution in [2.75, 3.05) is 10.6 Å². The molecule has 0 fully saturated rings. The van der Waals surface area contributed by atoms with Gasteiger partial charge in [0.05, 0.1) is 0 Å². The highest BCUT2D eigenvalue weighted by Gasteiger charge is 2.06. The smallest absolute Gasteiger partial charge is 0.210 e. The van der Waals surface area contributed by atoms with E-state index in [0.29, 0.717) is 0 Å². The highest BCUT2D eigenvalue weighted by molar-refractivity contribution is 7.15. The van der Waals surface area contributed by atoms with Gasteiger partial charge in [0.1, 0.15) is 10.0 Å². The summed E-state index contributed by atoms with van der Waals surface area (Å²) in [4.78, 5) is 0. The Morgan fingerprint density at radius 2 is 0.906 bits per heavy atom. The van der Waals surface area contributed by atoms with Gasteiger partial charge in [-0.05, 0) is 37.1 Å². The van der Waals surface area contributed by atoms with Crippen LogP contribution in [0.3, 0.4) is 0 Å². The number of benzene rings is 2. The van der Waals surface area contributed by atoms with Crippen LogP contribution < -0.4 is 10.6 Å². The summed E-state index contributed by atoms with van der Waals surface area (Å²) >= 11 is 3.30. The van der Waals surface area contributed by atoms with E-state index in [1.165, 1.54) is 38.5 Å². The van der Waals surface area contributed by atoms with Crippen LogP contribution in [0.25, 0.3) is 0 Å². The summed E-state index contributed by atoms with van der Waals surface area (Å²) < 4.78 is 0. The first kappa shape index (κ1) is 22.4. The molecule has 4 rings (SSSR count). The summed E-state index contributed by atoms with van der Waals surface area (Å²) in [5, 5.41) is 27.7. The van der Waals surface area contributed by atoms with Gasteiger partial charge in [0.2, 0.25) is 10.3 Å². The molecule has 2 heterocycles. The zero-order valence-corrected chi connectivity index (χ0v) is 19.7. The molecule has 166 valence electrons. The van der Waals surface area contributed by atoms with E-state index in [1.807, 2.05) is 60.7 Å². The van der Waals surface area contributed by atoms with E-state index in [1.54, 1.807) is 22.7 Å². The summed E-state index contributed by atoms with van der Waals surface area (Å²) in [7, 11) is 0. The summed E-state index contributed by atoms with van der Waals surface area (Å²) in [6.45, 7) is 0. The van der Waals surface area contributed by atoms with E-state index in [4.69, 9.17) is 0 Å². The molecule has 0 bridgehead atoms. The minimum Gasteiger partial charge on any atom is -0.330 e. The molecule has 0 aliphatic rings. The van der Waals surface area contributed by atoms with Crippen LogP contribution in [0.5, 0.6) is 0 Å². The van der Waals surface area contributed by atoms with E-state index in [-0.39, 0.29) is 0 Å². The van der Waals surface area contributed by atoms with Gasteiger partial charge in [0.15, 0.2) is 0 Å². The summed E-state index contributed by atoms with van der Waals surface area (Å²) in [6.07, 6.45) is 9.38. The maximum atomic E-state index is 4.31. The predicted octanol–water partition coefficient (Wildman–Crippen LogP) is 7.00. The molecule has 6 nitrogen and oxygen atoms in total. The van der Waals surface area contributed by atoms with Crippen LogP contribution in [0.15, 0.2) is 60.7 Å². The number of anilines is 4. The van der Waals surface area contributed by atoms with Crippen molar-refractivity contribution in [2.24, 2.45) is 0 Å². The van der Waals surface area contributed by atoms with Crippen LogP contribution in [0, 0.1) is 0 Å². The molecule has 2 aromatic heterocycles. The van der Waals surface area contributed by atoms with Crippen molar-refractivity contribution in [1.82, 2.24) is 20.4 Å². The monoisotopic (exact) mass is 464 g/mol. The Bertz CT molecular complexity index is 963. The Morgan fingerprint density at radius 1 is 0.500 bits per heavy atom. The van der Waals surface area contributed by atoms with Gasteiger partial charge in [-0.1, -0.05) is 84.8 Å². The Morgan fingerprint density at radius 3 is 1.34 bits per heavy atom.